The molecule has 0 radical (unpaired) electrons. The molecule has 0 saturated carbocycles. The van der Waals surface area contributed by atoms with E-state index in [1.807, 2.05) is 54.6 Å². The second kappa shape index (κ2) is 5.47. The Labute approximate surface area is 109 Å². The first kappa shape index (κ1) is 11.6. The molecule has 0 spiro atoms. The summed E-state index contributed by atoms with van der Waals surface area (Å²) in [5.41, 5.74) is 2.81. The average Bonchev–Trinajstić information content (AvgIpc) is 2.40. The summed E-state index contributed by atoms with van der Waals surface area (Å²) in [5, 5.41) is 8.83. The molecule has 0 aromatic heterocycles. The lowest BCUT2D eigenvalue weighted by Crippen LogP contribution is -1.79. The van der Waals surface area contributed by atoms with E-state index in [0.717, 1.165) is 15.6 Å². The smallest absolute Gasteiger partial charge is 0.0991 e. The molecule has 0 unspecified atom stereocenters. The van der Waals surface area contributed by atoms with Crippen LogP contribution in [0.25, 0.3) is 10.6 Å². The van der Waals surface area contributed by atoms with Crippen molar-refractivity contribution in [2.75, 3.05) is 0 Å². The summed E-state index contributed by atoms with van der Waals surface area (Å²) in [6.45, 7) is 0. The van der Waals surface area contributed by atoms with Crippen LogP contribution in [0.4, 0.5) is 0 Å². The molecule has 0 aliphatic heterocycles. The Morgan fingerprint density at radius 1 is 1.06 bits per heavy atom. The van der Waals surface area contributed by atoms with Gasteiger partial charge in [0, 0.05) is 4.48 Å². The zero-order valence-corrected chi connectivity index (χ0v) is 10.7. The van der Waals surface area contributed by atoms with Gasteiger partial charge in [-0.3, -0.25) is 0 Å². The number of hydrogen-bond acceptors (Lipinski definition) is 1. The van der Waals surface area contributed by atoms with Crippen molar-refractivity contribution >= 4 is 26.5 Å². The number of nitriles is 1. The fraction of sp³-hybridized carbons (Fsp3) is 0. The maximum atomic E-state index is 8.83. The van der Waals surface area contributed by atoms with Crippen molar-refractivity contribution in [2.45, 2.75) is 0 Å². The molecular formula is C15H10BrN. The van der Waals surface area contributed by atoms with E-state index >= 15 is 0 Å². The summed E-state index contributed by atoms with van der Waals surface area (Å²) in [6.07, 6.45) is 2.01. The number of hydrogen-bond donors (Lipinski definition) is 0. The van der Waals surface area contributed by atoms with Crippen LogP contribution in [0.3, 0.4) is 0 Å². The van der Waals surface area contributed by atoms with Gasteiger partial charge in [0.15, 0.2) is 0 Å². The van der Waals surface area contributed by atoms with Crippen molar-refractivity contribution in [1.82, 2.24) is 0 Å². The van der Waals surface area contributed by atoms with Crippen LogP contribution in [0.15, 0.2) is 54.6 Å². The molecule has 0 amide bonds. The highest BCUT2D eigenvalue weighted by Crippen LogP contribution is 2.24. The first-order valence-electron chi connectivity index (χ1n) is 5.22. The van der Waals surface area contributed by atoms with Crippen LogP contribution in [0.2, 0.25) is 0 Å². The zero-order chi connectivity index (χ0) is 12.1. The number of halogens is 1. The standard InChI is InChI=1S/C15H10BrN/c16-15(14-7-2-1-3-8-14)10-12-5-4-6-13(9-12)11-17/h1-10H/b15-10-. The van der Waals surface area contributed by atoms with Crippen LogP contribution in [0.5, 0.6) is 0 Å². The van der Waals surface area contributed by atoms with Crippen LogP contribution in [-0.2, 0) is 0 Å². The van der Waals surface area contributed by atoms with Gasteiger partial charge < -0.3 is 0 Å². The van der Waals surface area contributed by atoms with Crippen molar-refractivity contribution in [2.24, 2.45) is 0 Å². The van der Waals surface area contributed by atoms with E-state index in [-0.39, 0.29) is 0 Å². The molecule has 0 aliphatic carbocycles. The maximum Gasteiger partial charge on any atom is 0.0991 e. The third-order valence-electron chi connectivity index (χ3n) is 2.36. The molecule has 0 fully saturated rings. The van der Waals surface area contributed by atoms with Crippen molar-refractivity contribution < 1.29 is 0 Å². The lowest BCUT2D eigenvalue weighted by molar-refractivity contribution is 1.48. The molecule has 1 nitrogen and oxygen atoms in total. The lowest BCUT2D eigenvalue weighted by atomic mass is 10.1. The Balaban J connectivity index is 2.33. The van der Waals surface area contributed by atoms with E-state index in [2.05, 4.69) is 22.0 Å². The fourth-order valence-electron chi connectivity index (χ4n) is 1.53. The quantitative estimate of drug-likeness (QED) is 0.747. The van der Waals surface area contributed by atoms with Crippen LogP contribution < -0.4 is 0 Å². The summed E-state index contributed by atoms with van der Waals surface area (Å²) in [5.74, 6) is 0. The Kier molecular flexibility index (Phi) is 3.74. The summed E-state index contributed by atoms with van der Waals surface area (Å²) in [7, 11) is 0. The third-order valence-corrected chi connectivity index (χ3v) is 3.05. The van der Waals surface area contributed by atoms with Gasteiger partial charge in [-0.2, -0.15) is 5.26 Å². The van der Waals surface area contributed by atoms with Gasteiger partial charge in [-0.05, 0) is 29.3 Å². The normalized spacial score (nSPS) is 10.9. The molecular weight excluding hydrogens is 274 g/mol. The van der Waals surface area contributed by atoms with Gasteiger partial charge in [-0.25, -0.2) is 0 Å². The topological polar surface area (TPSA) is 23.8 Å². The predicted octanol–water partition coefficient (Wildman–Crippen LogP) is 4.45. The van der Waals surface area contributed by atoms with E-state index in [9.17, 15) is 0 Å². The van der Waals surface area contributed by atoms with E-state index in [4.69, 9.17) is 5.26 Å². The molecule has 2 heteroatoms. The second-order valence-corrected chi connectivity index (χ2v) is 4.45. The molecule has 0 N–H and O–H groups in total. The minimum atomic E-state index is 0.673. The lowest BCUT2D eigenvalue weighted by Gasteiger charge is -2.00. The van der Waals surface area contributed by atoms with Crippen LogP contribution in [0, 0.1) is 11.3 Å². The molecule has 0 heterocycles. The summed E-state index contributed by atoms with van der Waals surface area (Å²) >= 11 is 3.55. The van der Waals surface area contributed by atoms with E-state index < -0.39 is 0 Å². The average molecular weight is 284 g/mol. The predicted molar refractivity (Wildman–Crippen MR) is 74.4 cm³/mol. The first-order valence-corrected chi connectivity index (χ1v) is 6.01. The highest BCUT2D eigenvalue weighted by Gasteiger charge is 1.97. The summed E-state index contributed by atoms with van der Waals surface area (Å²) < 4.78 is 1.01. The van der Waals surface area contributed by atoms with Gasteiger partial charge in [0.05, 0.1) is 11.6 Å². The number of benzene rings is 2. The highest BCUT2D eigenvalue weighted by molar-refractivity contribution is 9.15. The fourth-order valence-corrected chi connectivity index (χ4v) is 2.05. The Morgan fingerprint density at radius 2 is 1.82 bits per heavy atom. The SMILES string of the molecule is N#Cc1cccc(/C=C(\Br)c2ccccc2)c1. The molecule has 0 atom stereocenters. The molecule has 2 aromatic carbocycles. The van der Waals surface area contributed by atoms with Gasteiger partial charge in [0.2, 0.25) is 0 Å². The monoisotopic (exact) mass is 283 g/mol. The molecule has 0 bridgehead atoms. The van der Waals surface area contributed by atoms with Crippen molar-refractivity contribution in [3.8, 4) is 6.07 Å². The molecule has 0 aliphatic rings. The van der Waals surface area contributed by atoms with Crippen molar-refractivity contribution in [1.29, 1.82) is 5.26 Å². The molecule has 17 heavy (non-hydrogen) atoms. The van der Waals surface area contributed by atoms with Crippen LogP contribution >= 0.6 is 15.9 Å². The zero-order valence-electron chi connectivity index (χ0n) is 9.10. The van der Waals surface area contributed by atoms with Gasteiger partial charge in [0.1, 0.15) is 0 Å². The van der Waals surface area contributed by atoms with Gasteiger partial charge in [-0.1, -0.05) is 58.4 Å². The summed E-state index contributed by atoms with van der Waals surface area (Å²) in [4.78, 5) is 0. The maximum absolute atomic E-state index is 8.83. The van der Waals surface area contributed by atoms with Crippen molar-refractivity contribution in [3.63, 3.8) is 0 Å². The van der Waals surface area contributed by atoms with E-state index in [1.54, 1.807) is 6.07 Å². The van der Waals surface area contributed by atoms with Gasteiger partial charge in [-0.15, -0.1) is 0 Å². The third kappa shape index (κ3) is 3.05. The molecule has 2 rings (SSSR count). The van der Waals surface area contributed by atoms with Crippen LogP contribution in [0.1, 0.15) is 16.7 Å². The van der Waals surface area contributed by atoms with Gasteiger partial charge >= 0.3 is 0 Å². The Bertz CT molecular complexity index is 579. The minimum Gasteiger partial charge on any atom is -0.192 e. The molecule has 0 saturated heterocycles. The highest BCUT2D eigenvalue weighted by atomic mass is 79.9. The Hall–Kier alpha value is -1.85. The van der Waals surface area contributed by atoms with E-state index in [0.29, 0.717) is 5.56 Å². The minimum absolute atomic E-state index is 0.673. The first-order chi connectivity index (χ1) is 8.29. The van der Waals surface area contributed by atoms with Crippen molar-refractivity contribution in [3.05, 3.63) is 71.3 Å². The molecule has 82 valence electrons. The van der Waals surface area contributed by atoms with Gasteiger partial charge in [0.25, 0.3) is 0 Å². The summed E-state index contributed by atoms with van der Waals surface area (Å²) in [6, 6.07) is 19.7. The second-order valence-electron chi connectivity index (χ2n) is 3.60. The largest absolute Gasteiger partial charge is 0.192 e. The van der Waals surface area contributed by atoms with E-state index in [1.165, 1.54) is 0 Å². The Morgan fingerprint density at radius 3 is 2.53 bits per heavy atom. The number of rotatable bonds is 2. The van der Waals surface area contributed by atoms with Crippen LogP contribution in [-0.4, -0.2) is 0 Å². The molecule has 2 aromatic rings. The number of nitrogens with zero attached hydrogens (tertiary/aromatic N) is 1.